The fourth-order valence-corrected chi connectivity index (χ4v) is 2.91. The van der Waals surface area contributed by atoms with Crippen LogP contribution in [-0.2, 0) is 4.79 Å². The van der Waals surface area contributed by atoms with Crippen LogP contribution in [0.15, 0.2) is 0 Å². The average Bonchev–Trinajstić information content (AvgIpc) is 2.26. The highest BCUT2D eigenvalue weighted by Crippen LogP contribution is 2.33. The number of carbonyl (C=O) groups is 1. The maximum Gasteiger partial charge on any atom is 0.220 e. The number of hydrogen-bond acceptors (Lipinski definition) is 2. The first-order valence-electron chi connectivity index (χ1n) is 7.04. The van der Waals surface area contributed by atoms with E-state index in [0.717, 1.165) is 18.8 Å². The Labute approximate surface area is 106 Å². The summed E-state index contributed by atoms with van der Waals surface area (Å²) in [4.78, 5) is 11.8. The molecule has 0 saturated heterocycles. The zero-order valence-electron chi connectivity index (χ0n) is 11.5. The van der Waals surface area contributed by atoms with E-state index in [1.165, 1.54) is 12.8 Å². The Hall–Kier alpha value is -0.570. The van der Waals surface area contributed by atoms with Gasteiger partial charge in [-0.3, -0.25) is 4.79 Å². The van der Waals surface area contributed by atoms with Gasteiger partial charge in [-0.25, -0.2) is 0 Å². The number of nitrogens with two attached hydrogens (primary N) is 1. The standard InChI is InChI=1S/C14H28N2O/c1-10(2)12-7-6-11(3)9-13(12)16-14(17)5-4-8-15/h10-13H,4-9,15H2,1-3H3,(H,16,17). The predicted molar refractivity (Wildman–Crippen MR) is 71.6 cm³/mol. The lowest BCUT2D eigenvalue weighted by molar-refractivity contribution is -0.122. The average molecular weight is 240 g/mol. The van der Waals surface area contributed by atoms with Crippen LogP contribution in [0.25, 0.3) is 0 Å². The third-order valence-electron chi connectivity index (χ3n) is 3.98. The zero-order chi connectivity index (χ0) is 12.8. The lowest BCUT2D eigenvalue weighted by Gasteiger charge is -2.37. The highest BCUT2D eigenvalue weighted by atomic mass is 16.1. The van der Waals surface area contributed by atoms with Crippen molar-refractivity contribution < 1.29 is 4.79 Å². The summed E-state index contributed by atoms with van der Waals surface area (Å²) >= 11 is 0. The molecule has 3 atom stereocenters. The van der Waals surface area contributed by atoms with Gasteiger partial charge in [-0.1, -0.05) is 27.2 Å². The van der Waals surface area contributed by atoms with Crippen molar-refractivity contribution in [3.05, 3.63) is 0 Å². The molecule has 0 aromatic heterocycles. The molecule has 3 N–H and O–H groups in total. The van der Waals surface area contributed by atoms with Crippen molar-refractivity contribution in [2.75, 3.05) is 6.54 Å². The van der Waals surface area contributed by atoms with E-state index in [4.69, 9.17) is 5.73 Å². The molecule has 0 radical (unpaired) electrons. The lowest BCUT2D eigenvalue weighted by Crippen LogP contribution is -2.45. The number of hydrogen-bond donors (Lipinski definition) is 2. The summed E-state index contributed by atoms with van der Waals surface area (Å²) in [5.74, 6) is 2.22. The molecule has 3 unspecified atom stereocenters. The van der Waals surface area contributed by atoms with E-state index in [9.17, 15) is 4.79 Å². The molecule has 0 heterocycles. The highest BCUT2D eigenvalue weighted by Gasteiger charge is 2.31. The number of amides is 1. The quantitative estimate of drug-likeness (QED) is 0.774. The van der Waals surface area contributed by atoms with Crippen molar-refractivity contribution in [3.8, 4) is 0 Å². The van der Waals surface area contributed by atoms with Gasteiger partial charge >= 0.3 is 0 Å². The molecule has 1 aliphatic carbocycles. The number of carbonyl (C=O) groups excluding carboxylic acids is 1. The van der Waals surface area contributed by atoms with Crippen molar-refractivity contribution >= 4 is 5.91 Å². The van der Waals surface area contributed by atoms with Gasteiger partial charge < -0.3 is 11.1 Å². The normalized spacial score (nSPS) is 29.4. The summed E-state index contributed by atoms with van der Waals surface area (Å²) in [6, 6.07) is 0.379. The first-order chi connectivity index (χ1) is 8.04. The fourth-order valence-electron chi connectivity index (χ4n) is 2.91. The van der Waals surface area contributed by atoms with Crippen LogP contribution in [0.4, 0.5) is 0 Å². The Morgan fingerprint density at radius 2 is 2.12 bits per heavy atom. The third-order valence-corrected chi connectivity index (χ3v) is 3.98. The minimum absolute atomic E-state index is 0.181. The summed E-state index contributed by atoms with van der Waals surface area (Å²) in [5.41, 5.74) is 5.43. The summed E-state index contributed by atoms with van der Waals surface area (Å²) in [5, 5.41) is 3.22. The van der Waals surface area contributed by atoms with E-state index in [0.29, 0.717) is 30.8 Å². The van der Waals surface area contributed by atoms with Gasteiger partial charge in [0.15, 0.2) is 0 Å². The van der Waals surface area contributed by atoms with Crippen LogP contribution in [0.3, 0.4) is 0 Å². The molecular weight excluding hydrogens is 212 g/mol. The fraction of sp³-hybridized carbons (Fsp3) is 0.929. The van der Waals surface area contributed by atoms with Gasteiger partial charge in [0, 0.05) is 12.5 Å². The van der Waals surface area contributed by atoms with Crippen LogP contribution >= 0.6 is 0 Å². The highest BCUT2D eigenvalue weighted by molar-refractivity contribution is 5.76. The van der Waals surface area contributed by atoms with E-state index >= 15 is 0 Å². The van der Waals surface area contributed by atoms with Gasteiger partial charge in [-0.05, 0) is 43.6 Å². The number of rotatable bonds is 5. The molecule has 0 spiro atoms. The maximum absolute atomic E-state index is 11.8. The zero-order valence-corrected chi connectivity index (χ0v) is 11.5. The Kier molecular flexibility index (Phi) is 5.96. The maximum atomic E-state index is 11.8. The van der Waals surface area contributed by atoms with Gasteiger partial charge in [0.1, 0.15) is 0 Å². The largest absolute Gasteiger partial charge is 0.353 e. The SMILES string of the molecule is CC1CCC(C(C)C)C(NC(=O)CCCN)C1. The number of nitrogens with one attached hydrogen (secondary N) is 1. The molecule has 0 aliphatic heterocycles. The first-order valence-corrected chi connectivity index (χ1v) is 7.04. The molecule has 0 bridgehead atoms. The van der Waals surface area contributed by atoms with Gasteiger partial charge in [0.2, 0.25) is 5.91 Å². The third kappa shape index (κ3) is 4.66. The van der Waals surface area contributed by atoms with E-state index in [1.807, 2.05) is 0 Å². The van der Waals surface area contributed by atoms with Gasteiger partial charge in [0.25, 0.3) is 0 Å². The molecule has 100 valence electrons. The second-order valence-electron chi connectivity index (χ2n) is 5.89. The molecule has 17 heavy (non-hydrogen) atoms. The van der Waals surface area contributed by atoms with Crippen LogP contribution in [-0.4, -0.2) is 18.5 Å². The molecule has 1 rings (SSSR count). The second-order valence-corrected chi connectivity index (χ2v) is 5.89. The van der Waals surface area contributed by atoms with Crippen molar-refractivity contribution in [1.29, 1.82) is 0 Å². The van der Waals surface area contributed by atoms with E-state index in [-0.39, 0.29) is 5.91 Å². The molecule has 3 heteroatoms. The molecule has 3 nitrogen and oxygen atoms in total. The van der Waals surface area contributed by atoms with E-state index < -0.39 is 0 Å². The van der Waals surface area contributed by atoms with Gasteiger partial charge in [-0.2, -0.15) is 0 Å². The smallest absolute Gasteiger partial charge is 0.220 e. The Morgan fingerprint density at radius 1 is 1.41 bits per heavy atom. The van der Waals surface area contributed by atoms with Crippen molar-refractivity contribution in [2.24, 2.45) is 23.5 Å². The Balaban J connectivity index is 2.48. The molecular formula is C14H28N2O. The molecule has 0 aromatic carbocycles. The minimum atomic E-state index is 0.181. The molecule has 1 saturated carbocycles. The molecule has 1 fully saturated rings. The summed E-state index contributed by atoms with van der Waals surface area (Å²) in [7, 11) is 0. The van der Waals surface area contributed by atoms with Gasteiger partial charge in [-0.15, -0.1) is 0 Å². The summed E-state index contributed by atoms with van der Waals surface area (Å²) in [6.07, 6.45) is 5.06. The van der Waals surface area contributed by atoms with Crippen LogP contribution in [0.5, 0.6) is 0 Å². The van der Waals surface area contributed by atoms with Crippen LogP contribution in [0, 0.1) is 17.8 Å². The predicted octanol–water partition coefficient (Wildman–Crippen LogP) is 2.30. The molecule has 1 aliphatic rings. The van der Waals surface area contributed by atoms with Crippen molar-refractivity contribution in [2.45, 2.75) is 58.9 Å². The van der Waals surface area contributed by atoms with E-state index in [2.05, 4.69) is 26.1 Å². The van der Waals surface area contributed by atoms with Crippen LogP contribution < -0.4 is 11.1 Å². The monoisotopic (exact) mass is 240 g/mol. The minimum Gasteiger partial charge on any atom is -0.353 e. The first kappa shape index (κ1) is 14.5. The molecule has 1 amide bonds. The summed E-state index contributed by atoms with van der Waals surface area (Å²) in [6.45, 7) is 7.41. The summed E-state index contributed by atoms with van der Waals surface area (Å²) < 4.78 is 0. The Bertz CT molecular complexity index is 240. The second kappa shape index (κ2) is 7.00. The molecule has 0 aromatic rings. The van der Waals surface area contributed by atoms with Crippen molar-refractivity contribution in [1.82, 2.24) is 5.32 Å². The Morgan fingerprint density at radius 3 is 2.71 bits per heavy atom. The van der Waals surface area contributed by atoms with Crippen LogP contribution in [0.1, 0.15) is 52.9 Å². The lowest BCUT2D eigenvalue weighted by atomic mass is 9.74. The van der Waals surface area contributed by atoms with Crippen molar-refractivity contribution in [3.63, 3.8) is 0 Å². The van der Waals surface area contributed by atoms with Gasteiger partial charge in [0.05, 0.1) is 0 Å². The van der Waals surface area contributed by atoms with Crippen LogP contribution in [0.2, 0.25) is 0 Å². The van der Waals surface area contributed by atoms with E-state index in [1.54, 1.807) is 0 Å². The topological polar surface area (TPSA) is 55.1 Å².